The molecule has 0 spiro atoms. The zero-order chi connectivity index (χ0) is 11.8. The van der Waals surface area contributed by atoms with Crippen molar-refractivity contribution in [3.8, 4) is 0 Å². The third kappa shape index (κ3) is 3.66. The van der Waals surface area contributed by atoms with Crippen LogP contribution in [0, 0.1) is 13.8 Å². The van der Waals surface area contributed by atoms with Crippen LogP contribution < -0.4 is 10.7 Å². The van der Waals surface area contributed by atoms with E-state index in [0.29, 0.717) is 0 Å². The quantitative estimate of drug-likeness (QED) is 0.698. The Labute approximate surface area is 92.1 Å². The minimum atomic E-state index is 0.889. The summed E-state index contributed by atoms with van der Waals surface area (Å²) in [6, 6.07) is 0. The van der Waals surface area contributed by atoms with E-state index < -0.39 is 0 Å². The largest absolute Gasteiger partial charge is 0.250 e. The molecule has 0 N–H and O–H groups in total. The number of allylic oxidation sites excluding steroid dienone is 1. The molecule has 15 heavy (non-hydrogen) atoms. The topological polar surface area (TPSA) is 25.8 Å². The van der Waals surface area contributed by atoms with Crippen LogP contribution in [0.25, 0.3) is 12.2 Å². The van der Waals surface area contributed by atoms with E-state index in [4.69, 9.17) is 0 Å². The fourth-order valence-corrected chi connectivity index (χ4v) is 1.08. The molecule has 1 rings (SSSR count). The van der Waals surface area contributed by atoms with Gasteiger partial charge in [0.15, 0.2) is 0 Å². The molecule has 2 heteroatoms. The summed E-state index contributed by atoms with van der Waals surface area (Å²) < 4.78 is 0. The molecule has 0 atom stereocenters. The van der Waals surface area contributed by atoms with Crippen LogP contribution in [0.2, 0.25) is 0 Å². The normalized spacial score (nSPS) is 12.1. The Morgan fingerprint density at radius 2 is 1.47 bits per heavy atom. The average Bonchev–Trinajstić information content (AvgIpc) is 2.26. The first-order chi connectivity index (χ1) is 7.19. The van der Waals surface area contributed by atoms with Gasteiger partial charge in [0, 0.05) is 0 Å². The second-order valence-electron chi connectivity index (χ2n) is 2.86. The Morgan fingerprint density at radius 3 is 1.87 bits per heavy atom. The summed E-state index contributed by atoms with van der Waals surface area (Å²) in [5, 5.41) is 1.81. The van der Waals surface area contributed by atoms with Crippen LogP contribution in [-0.4, -0.2) is 9.97 Å². The van der Waals surface area contributed by atoms with Crippen LogP contribution in [0.1, 0.15) is 32.2 Å². The van der Waals surface area contributed by atoms with E-state index in [0.717, 1.165) is 22.1 Å². The molecule has 0 aromatic carbocycles. The summed E-state index contributed by atoms with van der Waals surface area (Å²) >= 11 is 0. The molecule has 1 heterocycles. The molecule has 2 nitrogen and oxygen atoms in total. The maximum absolute atomic E-state index is 4.41. The molecule has 1 aromatic rings. The van der Waals surface area contributed by atoms with Crippen molar-refractivity contribution >= 4 is 12.2 Å². The van der Waals surface area contributed by atoms with Crippen molar-refractivity contribution in [1.29, 1.82) is 0 Å². The van der Waals surface area contributed by atoms with Crippen LogP contribution in [0.4, 0.5) is 0 Å². The summed E-state index contributed by atoms with van der Waals surface area (Å²) in [7, 11) is 0. The van der Waals surface area contributed by atoms with Gasteiger partial charge in [0.05, 0.1) is 22.1 Å². The van der Waals surface area contributed by atoms with Gasteiger partial charge in [-0.05, 0) is 26.8 Å². The van der Waals surface area contributed by atoms with E-state index in [1.54, 1.807) is 6.08 Å². The van der Waals surface area contributed by atoms with E-state index >= 15 is 0 Å². The molecular formula is C13H20N2. The lowest BCUT2D eigenvalue weighted by atomic mass is 10.3. The Hall–Kier alpha value is -1.44. The highest BCUT2D eigenvalue weighted by Crippen LogP contribution is 1.90. The molecule has 0 saturated heterocycles. The van der Waals surface area contributed by atoms with Gasteiger partial charge in [0.1, 0.15) is 0 Å². The van der Waals surface area contributed by atoms with Crippen LogP contribution in [-0.2, 0) is 0 Å². The number of nitrogens with zero attached hydrogens (tertiary/aromatic N) is 2. The van der Waals surface area contributed by atoms with Gasteiger partial charge in [-0.3, -0.25) is 0 Å². The molecule has 0 aliphatic rings. The van der Waals surface area contributed by atoms with Gasteiger partial charge in [-0.2, -0.15) is 0 Å². The molecule has 0 unspecified atom stereocenters. The van der Waals surface area contributed by atoms with Gasteiger partial charge >= 0.3 is 0 Å². The molecular weight excluding hydrogens is 184 g/mol. The van der Waals surface area contributed by atoms with Crippen molar-refractivity contribution in [3.05, 3.63) is 34.7 Å². The van der Waals surface area contributed by atoms with Crippen LogP contribution in [0.15, 0.2) is 12.7 Å². The summed E-state index contributed by atoms with van der Waals surface area (Å²) in [6.07, 6.45) is 5.55. The average molecular weight is 204 g/mol. The summed E-state index contributed by atoms with van der Waals surface area (Å²) in [6.45, 7) is 13.5. The molecule has 0 aliphatic carbocycles. The maximum Gasteiger partial charge on any atom is 0.0886 e. The Balaban J connectivity index is 0.000000921. The number of aromatic nitrogens is 2. The summed E-state index contributed by atoms with van der Waals surface area (Å²) in [5.41, 5.74) is 1.95. The lowest BCUT2D eigenvalue weighted by molar-refractivity contribution is 0.983. The molecule has 0 amide bonds. The van der Waals surface area contributed by atoms with Crippen LogP contribution >= 0.6 is 0 Å². The first-order valence-corrected chi connectivity index (χ1v) is 5.29. The van der Waals surface area contributed by atoms with Crippen molar-refractivity contribution in [2.45, 2.75) is 34.6 Å². The van der Waals surface area contributed by atoms with Crippen molar-refractivity contribution in [1.82, 2.24) is 9.97 Å². The van der Waals surface area contributed by atoms with Gasteiger partial charge in [-0.25, -0.2) is 9.97 Å². The number of rotatable bonds is 1. The highest BCUT2D eigenvalue weighted by Gasteiger charge is 1.94. The first-order valence-electron chi connectivity index (χ1n) is 5.29. The second-order valence-corrected chi connectivity index (χ2v) is 2.86. The molecule has 82 valence electrons. The van der Waals surface area contributed by atoms with Crippen molar-refractivity contribution in [2.75, 3.05) is 0 Å². The van der Waals surface area contributed by atoms with Crippen LogP contribution in [0.3, 0.4) is 0 Å². The Bertz CT molecular complexity index is 431. The SMILES string of the molecule is C=C/C=c1/nc(C)c(C)n/c1=C/C.CC. The maximum atomic E-state index is 4.41. The third-order valence-corrected chi connectivity index (χ3v) is 1.91. The third-order valence-electron chi connectivity index (χ3n) is 1.91. The van der Waals surface area contributed by atoms with Crippen molar-refractivity contribution in [3.63, 3.8) is 0 Å². The monoisotopic (exact) mass is 204 g/mol. The fourth-order valence-electron chi connectivity index (χ4n) is 1.08. The fraction of sp³-hybridized carbons (Fsp3) is 0.385. The first kappa shape index (κ1) is 13.6. The number of hydrogen-bond donors (Lipinski definition) is 0. The predicted molar refractivity (Wildman–Crippen MR) is 66.9 cm³/mol. The second kappa shape index (κ2) is 6.93. The van der Waals surface area contributed by atoms with Gasteiger partial charge in [-0.15, -0.1) is 0 Å². The van der Waals surface area contributed by atoms with Gasteiger partial charge in [0.25, 0.3) is 0 Å². The minimum absolute atomic E-state index is 0.889. The highest BCUT2D eigenvalue weighted by atomic mass is 14.8. The van der Waals surface area contributed by atoms with Crippen molar-refractivity contribution < 1.29 is 0 Å². The summed E-state index contributed by atoms with van der Waals surface area (Å²) in [4.78, 5) is 8.83. The highest BCUT2D eigenvalue weighted by molar-refractivity contribution is 5.34. The number of aryl methyl sites for hydroxylation is 2. The Morgan fingerprint density at radius 1 is 1.00 bits per heavy atom. The van der Waals surface area contributed by atoms with E-state index in [1.165, 1.54) is 0 Å². The minimum Gasteiger partial charge on any atom is -0.250 e. The van der Waals surface area contributed by atoms with E-state index in [9.17, 15) is 0 Å². The molecule has 0 saturated carbocycles. The van der Waals surface area contributed by atoms with Gasteiger partial charge in [-0.1, -0.05) is 32.6 Å². The lowest BCUT2D eigenvalue weighted by Gasteiger charge is -1.97. The molecule has 0 bridgehead atoms. The smallest absolute Gasteiger partial charge is 0.0886 e. The zero-order valence-corrected chi connectivity index (χ0v) is 10.3. The van der Waals surface area contributed by atoms with Crippen molar-refractivity contribution in [2.24, 2.45) is 0 Å². The predicted octanol–water partition coefficient (Wildman–Crippen LogP) is 1.89. The summed E-state index contributed by atoms with van der Waals surface area (Å²) in [5.74, 6) is 0. The Kier molecular flexibility index (Phi) is 6.27. The van der Waals surface area contributed by atoms with Gasteiger partial charge < -0.3 is 0 Å². The molecule has 0 aliphatic heterocycles. The van der Waals surface area contributed by atoms with E-state index in [2.05, 4.69) is 16.5 Å². The van der Waals surface area contributed by atoms with Crippen LogP contribution in [0.5, 0.6) is 0 Å². The standard InChI is InChI=1S/C11H14N2.C2H6/c1-5-7-11-10(6-2)12-8(3)9(4)13-11;1-2/h5-7H,1H2,2-4H3;1-2H3/b10-6+,11-7+;. The van der Waals surface area contributed by atoms with E-state index in [1.807, 2.05) is 46.8 Å². The lowest BCUT2D eigenvalue weighted by Crippen LogP contribution is -2.32. The van der Waals surface area contributed by atoms with E-state index in [-0.39, 0.29) is 0 Å². The molecule has 0 fully saturated rings. The van der Waals surface area contributed by atoms with Gasteiger partial charge in [0.2, 0.25) is 0 Å². The zero-order valence-electron chi connectivity index (χ0n) is 10.3. The molecule has 1 aromatic heterocycles. The number of hydrogen-bond acceptors (Lipinski definition) is 2. The molecule has 0 radical (unpaired) electrons.